The van der Waals surface area contributed by atoms with E-state index in [1.807, 2.05) is 24.3 Å². The lowest BCUT2D eigenvalue weighted by molar-refractivity contribution is -0.122. The van der Waals surface area contributed by atoms with Gasteiger partial charge in [-0.2, -0.15) is 0 Å². The maximum atomic E-state index is 12.8. The summed E-state index contributed by atoms with van der Waals surface area (Å²) >= 11 is 0. The molecule has 0 saturated heterocycles. The molecule has 0 aromatic heterocycles. The van der Waals surface area contributed by atoms with Gasteiger partial charge in [-0.15, -0.1) is 0 Å². The van der Waals surface area contributed by atoms with Gasteiger partial charge in [0.25, 0.3) is 5.91 Å². The average Bonchev–Trinajstić information content (AvgIpc) is 2.86. The third kappa shape index (κ3) is 7.44. The van der Waals surface area contributed by atoms with Crippen LogP contribution < -0.4 is 26.8 Å². The maximum absolute atomic E-state index is 12.8. The van der Waals surface area contributed by atoms with Crippen molar-refractivity contribution in [2.75, 3.05) is 13.2 Å². The Hall–Kier alpha value is -4.11. The molecule has 0 spiro atoms. The molecule has 3 aromatic carbocycles. The molecule has 9 nitrogen and oxygen atoms in total. The molecule has 0 radical (unpaired) electrons. The third-order valence-electron chi connectivity index (χ3n) is 5.72. The molecular formula is C27H32N4O5. The topological polar surface area (TPSA) is 157 Å². The summed E-state index contributed by atoms with van der Waals surface area (Å²) in [7, 11) is 0. The second-order valence-electron chi connectivity index (χ2n) is 8.62. The first-order valence-corrected chi connectivity index (χ1v) is 11.8. The number of nitrogens with one attached hydrogen (secondary N) is 2. The van der Waals surface area contributed by atoms with Crippen molar-refractivity contribution >= 4 is 28.5 Å². The molecule has 36 heavy (non-hydrogen) atoms. The number of rotatable bonds is 12. The number of phenols is 1. The van der Waals surface area contributed by atoms with Crippen LogP contribution in [0.5, 0.6) is 11.5 Å². The summed E-state index contributed by atoms with van der Waals surface area (Å²) in [5.74, 6) is -0.757. The number of hydrogen-bond donors (Lipinski definition) is 5. The largest absolute Gasteiger partial charge is 0.508 e. The Morgan fingerprint density at radius 3 is 2.33 bits per heavy atom. The number of phenolic OH excluding ortho intramolecular Hbond substituents is 1. The van der Waals surface area contributed by atoms with Crippen LogP contribution in [-0.2, 0) is 16.0 Å². The smallest absolute Gasteiger partial charge is 0.255 e. The minimum Gasteiger partial charge on any atom is -0.508 e. The number of ether oxygens (including phenoxy) is 1. The number of aromatic hydroxyl groups is 1. The predicted octanol–water partition coefficient (Wildman–Crippen LogP) is 1.99. The number of carbonyl (C=O) groups excluding carboxylic acids is 3. The van der Waals surface area contributed by atoms with Crippen LogP contribution in [0.2, 0.25) is 0 Å². The summed E-state index contributed by atoms with van der Waals surface area (Å²) in [5, 5.41) is 16.5. The molecule has 3 amide bonds. The highest BCUT2D eigenvalue weighted by atomic mass is 16.5. The zero-order chi connectivity index (χ0) is 26.1. The predicted molar refractivity (Wildman–Crippen MR) is 138 cm³/mol. The van der Waals surface area contributed by atoms with Gasteiger partial charge < -0.3 is 31.9 Å². The van der Waals surface area contributed by atoms with E-state index in [4.69, 9.17) is 16.2 Å². The lowest BCUT2D eigenvalue weighted by Crippen LogP contribution is -2.42. The first-order chi connectivity index (χ1) is 17.2. The van der Waals surface area contributed by atoms with Crippen molar-refractivity contribution in [1.29, 1.82) is 0 Å². The number of amides is 3. The van der Waals surface area contributed by atoms with Crippen molar-refractivity contribution in [1.82, 2.24) is 10.6 Å². The molecule has 7 N–H and O–H groups in total. The molecule has 0 fully saturated rings. The van der Waals surface area contributed by atoms with Gasteiger partial charge in [-0.3, -0.25) is 14.4 Å². The fraction of sp³-hybridized carbons (Fsp3) is 0.296. The fourth-order valence-corrected chi connectivity index (χ4v) is 3.59. The van der Waals surface area contributed by atoms with Crippen molar-refractivity contribution in [3.05, 3.63) is 71.8 Å². The maximum Gasteiger partial charge on any atom is 0.255 e. The Morgan fingerprint density at radius 1 is 1.00 bits per heavy atom. The Bertz CT molecular complexity index is 1210. The average molecular weight is 493 g/mol. The third-order valence-corrected chi connectivity index (χ3v) is 5.72. The van der Waals surface area contributed by atoms with E-state index >= 15 is 0 Å². The Kier molecular flexibility index (Phi) is 9.24. The number of benzene rings is 3. The zero-order valence-electron chi connectivity index (χ0n) is 20.2. The molecule has 9 heteroatoms. The molecule has 3 aromatic rings. The van der Waals surface area contributed by atoms with E-state index in [0.717, 1.165) is 16.3 Å². The monoisotopic (exact) mass is 492 g/mol. The summed E-state index contributed by atoms with van der Waals surface area (Å²) in [6.45, 7) is 2.29. The van der Waals surface area contributed by atoms with E-state index in [0.29, 0.717) is 43.7 Å². The van der Waals surface area contributed by atoms with Crippen molar-refractivity contribution in [2.45, 2.75) is 38.3 Å². The van der Waals surface area contributed by atoms with E-state index in [1.54, 1.807) is 36.4 Å². The number of hydrogen-bond acceptors (Lipinski definition) is 6. The number of fused-ring (bicyclic) bond motifs is 1. The van der Waals surface area contributed by atoms with Crippen LogP contribution in [-0.4, -0.2) is 48.1 Å². The molecule has 2 atom stereocenters. The van der Waals surface area contributed by atoms with Gasteiger partial charge in [-0.1, -0.05) is 36.4 Å². The summed E-state index contributed by atoms with van der Waals surface area (Å²) < 4.78 is 5.92. The Labute approximate surface area is 209 Å². The summed E-state index contributed by atoms with van der Waals surface area (Å²) in [5.41, 5.74) is 12.4. The molecule has 0 aliphatic rings. The SMILES string of the molecule is C[C@@H](NC(=O)c1cc2ccccc2cc1OCCCCNC(=O)C(N)Cc1ccc(O)cc1)C(N)=O. The Morgan fingerprint density at radius 2 is 1.67 bits per heavy atom. The van der Waals surface area contributed by atoms with E-state index in [1.165, 1.54) is 6.92 Å². The first kappa shape index (κ1) is 26.5. The lowest BCUT2D eigenvalue weighted by Gasteiger charge is -2.15. The highest BCUT2D eigenvalue weighted by molar-refractivity contribution is 6.03. The van der Waals surface area contributed by atoms with Crippen LogP contribution in [0.15, 0.2) is 60.7 Å². The van der Waals surface area contributed by atoms with Crippen LogP contribution >= 0.6 is 0 Å². The molecule has 190 valence electrons. The van der Waals surface area contributed by atoms with Gasteiger partial charge >= 0.3 is 0 Å². The van der Waals surface area contributed by atoms with Crippen molar-refractivity contribution in [3.8, 4) is 11.5 Å². The van der Waals surface area contributed by atoms with Crippen molar-refractivity contribution < 1.29 is 24.2 Å². The second kappa shape index (κ2) is 12.6. The summed E-state index contributed by atoms with van der Waals surface area (Å²) in [4.78, 5) is 36.4. The van der Waals surface area contributed by atoms with Crippen molar-refractivity contribution in [3.63, 3.8) is 0 Å². The van der Waals surface area contributed by atoms with Crippen LogP contribution in [0.3, 0.4) is 0 Å². The van der Waals surface area contributed by atoms with E-state index in [9.17, 15) is 19.5 Å². The van der Waals surface area contributed by atoms with Crippen molar-refractivity contribution in [2.24, 2.45) is 11.5 Å². The minimum absolute atomic E-state index is 0.163. The van der Waals surface area contributed by atoms with Gasteiger partial charge in [0, 0.05) is 6.54 Å². The van der Waals surface area contributed by atoms with Gasteiger partial charge in [0.1, 0.15) is 17.5 Å². The molecule has 0 bridgehead atoms. The van der Waals surface area contributed by atoms with Crippen LogP contribution in [0.1, 0.15) is 35.7 Å². The van der Waals surface area contributed by atoms with Gasteiger partial charge in [-0.25, -0.2) is 0 Å². The van der Waals surface area contributed by atoms with Gasteiger partial charge in [-0.05, 0) is 66.8 Å². The second-order valence-corrected chi connectivity index (χ2v) is 8.62. The molecule has 0 aliphatic heterocycles. The molecule has 0 saturated carbocycles. The quantitative estimate of drug-likeness (QED) is 0.243. The molecular weight excluding hydrogens is 460 g/mol. The molecule has 0 heterocycles. The zero-order valence-corrected chi connectivity index (χ0v) is 20.2. The summed E-state index contributed by atoms with van der Waals surface area (Å²) in [6, 6.07) is 16.2. The summed E-state index contributed by atoms with van der Waals surface area (Å²) in [6.07, 6.45) is 1.67. The van der Waals surface area contributed by atoms with Crippen LogP contribution in [0, 0.1) is 0 Å². The number of primary amides is 1. The number of unbranched alkanes of at least 4 members (excludes halogenated alkanes) is 1. The number of nitrogens with two attached hydrogens (primary N) is 2. The normalized spacial score (nSPS) is 12.5. The van der Waals surface area contributed by atoms with Gasteiger partial charge in [0.2, 0.25) is 11.8 Å². The van der Waals surface area contributed by atoms with E-state index in [2.05, 4.69) is 10.6 Å². The molecule has 0 aliphatic carbocycles. The Balaban J connectivity index is 1.50. The number of carbonyl (C=O) groups is 3. The fourth-order valence-electron chi connectivity index (χ4n) is 3.59. The van der Waals surface area contributed by atoms with Crippen LogP contribution in [0.25, 0.3) is 10.8 Å². The van der Waals surface area contributed by atoms with E-state index < -0.39 is 23.9 Å². The standard InChI is InChI=1S/C27H32N4O5/c1-17(25(29)33)31-26(34)22-15-19-6-2-3-7-20(19)16-24(22)36-13-5-4-12-30-27(35)23(28)14-18-8-10-21(32)11-9-18/h2-3,6-11,15-17,23,32H,4-5,12-14,28H2,1H3,(H2,29,33)(H,30,35)(H,31,34)/t17-,23?/m1/s1. The van der Waals surface area contributed by atoms with Crippen LogP contribution in [0.4, 0.5) is 0 Å². The highest BCUT2D eigenvalue weighted by Crippen LogP contribution is 2.26. The lowest BCUT2D eigenvalue weighted by atomic mass is 10.0. The molecule has 1 unspecified atom stereocenters. The van der Waals surface area contributed by atoms with E-state index in [-0.39, 0.29) is 11.7 Å². The molecule has 3 rings (SSSR count). The van der Waals surface area contributed by atoms with Gasteiger partial charge in [0.05, 0.1) is 18.2 Å². The highest BCUT2D eigenvalue weighted by Gasteiger charge is 2.19. The van der Waals surface area contributed by atoms with Gasteiger partial charge in [0.15, 0.2) is 0 Å². The first-order valence-electron chi connectivity index (χ1n) is 11.8. The minimum atomic E-state index is -0.819.